The molecular weight excluding hydrogens is 378 g/mol. The van der Waals surface area contributed by atoms with Crippen LogP contribution in [0, 0.1) is 5.92 Å². The first-order valence-corrected chi connectivity index (χ1v) is 9.81. The molecule has 2 unspecified atom stereocenters. The summed E-state index contributed by atoms with van der Waals surface area (Å²) in [5.74, 6) is 0.180. The lowest BCUT2D eigenvalue weighted by Crippen LogP contribution is -2.45. The number of oxime groups is 1. The molecule has 3 heterocycles. The SMILES string of the molecule is CCC1CN2CCC[C@H](CC(=NO)C(=O)OC)C2c2[nH]c3ccccc3c21.Cl. The number of methoxy groups -OCH3 is 1. The molecule has 0 radical (unpaired) electrons. The van der Waals surface area contributed by atoms with Crippen LogP contribution in [-0.4, -0.2) is 47.0 Å². The predicted octanol–water partition coefficient (Wildman–Crippen LogP) is 4.24. The maximum Gasteiger partial charge on any atom is 0.355 e. The number of aromatic nitrogens is 1. The lowest BCUT2D eigenvalue weighted by Gasteiger charge is -2.46. The molecule has 3 atom stereocenters. The summed E-state index contributed by atoms with van der Waals surface area (Å²) in [5.41, 5.74) is 4.00. The van der Waals surface area contributed by atoms with Crippen molar-refractivity contribution in [2.75, 3.05) is 20.2 Å². The van der Waals surface area contributed by atoms with Gasteiger partial charge in [-0.05, 0) is 49.3 Å². The Labute approximate surface area is 171 Å². The fourth-order valence-corrected chi connectivity index (χ4v) is 5.08. The summed E-state index contributed by atoms with van der Waals surface area (Å²) in [6, 6.07) is 8.72. The average Bonchev–Trinajstić information content (AvgIpc) is 3.10. The van der Waals surface area contributed by atoms with Crippen LogP contribution in [0.15, 0.2) is 29.4 Å². The van der Waals surface area contributed by atoms with Gasteiger partial charge in [-0.15, -0.1) is 12.4 Å². The molecule has 28 heavy (non-hydrogen) atoms. The number of nitrogens with zero attached hydrogens (tertiary/aromatic N) is 2. The molecule has 6 nitrogen and oxygen atoms in total. The molecule has 2 aromatic rings. The molecular formula is C21H28ClN3O3. The van der Waals surface area contributed by atoms with Gasteiger partial charge in [-0.25, -0.2) is 4.79 Å². The van der Waals surface area contributed by atoms with Crippen molar-refractivity contribution in [3.63, 3.8) is 0 Å². The number of carbonyl (C=O) groups excluding carboxylic acids is 1. The van der Waals surface area contributed by atoms with Crippen molar-refractivity contribution in [3.05, 3.63) is 35.5 Å². The fraction of sp³-hybridized carbons (Fsp3) is 0.524. The minimum atomic E-state index is -0.547. The molecule has 4 rings (SSSR count). The van der Waals surface area contributed by atoms with E-state index in [0.29, 0.717) is 12.3 Å². The molecule has 1 aromatic heterocycles. The largest absolute Gasteiger partial charge is 0.464 e. The monoisotopic (exact) mass is 405 g/mol. The summed E-state index contributed by atoms with van der Waals surface area (Å²) in [4.78, 5) is 18.2. The first kappa shape index (κ1) is 20.7. The Kier molecular flexibility index (Phi) is 6.30. The number of nitrogens with one attached hydrogen (secondary N) is 1. The first-order chi connectivity index (χ1) is 13.2. The van der Waals surface area contributed by atoms with Crippen LogP contribution < -0.4 is 0 Å². The third kappa shape index (κ3) is 3.40. The normalized spacial score (nSPS) is 24.9. The number of halogens is 1. The van der Waals surface area contributed by atoms with Crippen LogP contribution in [0.4, 0.5) is 0 Å². The van der Waals surface area contributed by atoms with Crippen LogP contribution >= 0.6 is 12.4 Å². The zero-order chi connectivity index (χ0) is 19.0. The molecule has 1 fully saturated rings. The van der Waals surface area contributed by atoms with Crippen LogP contribution in [0.3, 0.4) is 0 Å². The topological polar surface area (TPSA) is 77.9 Å². The standard InChI is InChI=1S/C21H27N3O3.ClH/c1-3-13-12-24-10-6-7-14(11-17(23-26)21(25)27-2)20(24)19-18(13)15-8-4-5-9-16(15)22-19;/h4-5,8-9,13-14,20,22,26H,3,6-7,10-12H2,1-2H3;1H/t13?,14-,20?;/m1./s1. The summed E-state index contributed by atoms with van der Waals surface area (Å²) >= 11 is 0. The van der Waals surface area contributed by atoms with Gasteiger partial charge in [0, 0.05) is 29.6 Å². The molecule has 0 bridgehead atoms. The second-order valence-corrected chi connectivity index (χ2v) is 7.69. The van der Waals surface area contributed by atoms with E-state index < -0.39 is 5.97 Å². The Balaban J connectivity index is 0.00000225. The van der Waals surface area contributed by atoms with Gasteiger partial charge in [-0.1, -0.05) is 30.3 Å². The van der Waals surface area contributed by atoms with Crippen molar-refractivity contribution < 1.29 is 14.7 Å². The number of hydrogen-bond acceptors (Lipinski definition) is 5. The Hall–Kier alpha value is -2.05. The molecule has 1 saturated heterocycles. The van der Waals surface area contributed by atoms with E-state index in [1.54, 1.807) is 0 Å². The van der Waals surface area contributed by atoms with Crippen molar-refractivity contribution >= 4 is 35.0 Å². The Morgan fingerprint density at radius 2 is 2.18 bits per heavy atom. The van der Waals surface area contributed by atoms with Gasteiger partial charge in [0.25, 0.3) is 0 Å². The van der Waals surface area contributed by atoms with E-state index in [-0.39, 0.29) is 30.1 Å². The Morgan fingerprint density at radius 3 is 2.89 bits per heavy atom. The van der Waals surface area contributed by atoms with Gasteiger partial charge in [0.1, 0.15) is 0 Å². The van der Waals surface area contributed by atoms with E-state index in [9.17, 15) is 10.0 Å². The van der Waals surface area contributed by atoms with Crippen LogP contribution in [0.25, 0.3) is 10.9 Å². The Morgan fingerprint density at radius 1 is 1.39 bits per heavy atom. The van der Waals surface area contributed by atoms with Gasteiger partial charge < -0.3 is 14.9 Å². The number of rotatable bonds is 4. The molecule has 1 aromatic carbocycles. The smallest absolute Gasteiger partial charge is 0.355 e. The summed E-state index contributed by atoms with van der Waals surface area (Å²) in [7, 11) is 1.32. The zero-order valence-electron chi connectivity index (χ0n) is 16.4. The van der Waals surface area contributed by atoms with Crippen LogP contribution in [0.2, 0.25) is 0 Å². The van der Waals surface area contributed by atoms with Crippen molar-refractivity contribution in [1.29, 1.82) is 0 Å². The molecule has 2 N–H and O–H groups in total. The highest BCUT2D eigenvalue weighted by molar-refractivity contribution is 6.36. The van der Waals surface area contributed by atoms with Crippen molar-refractivity contribution in [3.8, 4) is 0 Å². The molecule has 0 aliphatic carbocycles. The molecule has 0 saturated carbocycles. The first-order valence-electron chi connectivity index (χ1n) is 9.81. The van der Waals surface area contributed by atoms with Gasteiger partial charge >= 0.3 is 5.97 Å². The van der Waals surface area contributed by atoms with Crippen LogP contribution in [0.1, 0.15) is 55.8 Å². The highest BCUT2D eigenvalue weighted by Crippen LogP contribution is 2.48. The summed E-state index contributed by atoms with van der Waals surface area (Å²) < 4.78 is 4.78. The number of piperidine rings is 1. The summed E-state index contributed by atoms with van der Waals surface area (Å²) in [6.07, 6.45) is 3.63. The summed E-state index contributed by atoms with van der Waals surface area (Å²) in [5, 5.41) is 13.9. The minimum absolute atomic E-state index is 0. The van der Waals surface area contributed by atoms with Crippen molar-refractivity contribution in [1.82, 2.24) is 9.88 Å². The van der Waals surface area contributed by atoms with Crippen LogP contribution in [-0.2, 0) is 9.53 Å². The van der Waals surface area contributed by atoms with Crippen molar-refractivity contribution in [2.24, 2.45) is 11.1 Å². The third-order valence-corrected chi connectivity index (χ3v) is 6.29. The average molecular weight is 406 g/mol. The predicted molar refractivity (Wildman–Crippen MR) is 111 cm³/mol. The van der Waals surface area contributed by atoms with E-state index in [0.717, 1.165) is 32.4 Å². The van der Waals surface area contributed by atoms with E-state index in [2.05, 4.69) is 46.2 Å². The van der Waals surface area contributed by atoms with E-state index in [1.165, 1.54) is 29.3 Å². The number of esters is 1. The number of carbonyl (C=O) groups is 1. The van der Waals surface area contributed by atoms with E-state index in [4.69, 9.17) is 4.74 Å². The lowest BCUT2D eigenvalue weighted by molar-refractivity contribution is -0.133. The molecule has 0 amide bonds. The fourth-order valence-electron chi connectivity index (χ4n) is 5.08. The summed E-state index contributed by atoms with van der Waals surface area (Å²) in [6.45, 7) is 4.36. The molecule has 0 spiro atoms. The number of aromatic amines is 1. The number of fused-ring (bicyclic) bond motifs is 5. The highest BCUT2D eigenvalue weighted by atomic mass is 35.5. The maximum atomic E-state index is 11.9. The highest BCUT2D eigenvalue weighted by Gasteiger charge is 2.42. The maximum absolute atomic E-state index is 11.9. The van der Waals surface area contributed by atoms with Gasteiger partial charge in [-0.2, -0.15) is 0 Å². The van der Waals surface area contributed by atoms with Gasteiger partial charge in [0.2, 0.25) is 0 Å². The minimum Gasteiger partial charge on any atom is -0.464 e. The quantitative estimate of drug-likeness (QED) is 0.345. The number of H-pyrrole nitrogens is 1. The number of hydrogen-bond donors (Lipinski definition) is 2. The third-order valence-electron chi connectivity index (χ3n) is 6.29. The van der Waals surface area contributed by atoms with Crippen LogP contribution in [0.5, 0.6) is 0 Å². The van der Waals surface area contributed by atoms with Gasteiger partial charge in [-0.3, -0.25) is 4.90 Å². The Bertz CT molecular complexity index is 879. The second kappa shape index (κ2) is 8.53. The lowest BCUT2D eigenvalue weighted by atomic mass is 9.76. The second-order valence-electron chi connectivity index (χ2n) is 7.69. The van der Waals surface area contributed by atoms with Gasteiger partial charge in [0.15, 0.2) is 5.71 Å². The van der Waals surface area contributed by atoms with E-state index >= 15 is 0 Å². The van der Waals surface area contributed by atoms with Crippen molar-refractivity contribution in [2.45, 2.75) is 44.6 Å². The van der Waals surface area contributed by atoms with E-state index in [1.807, 2.05) is 0 Å². The molecule has 2 aliphatic heterocycles. The zero-order valence-corrected chi connectivity index (χ0v) is 17.2. The number of ether oxygens (including phenoxy) is 1. The number of para-hydroxylation sites is 1. The molecule has 2 aliphatic rings. The molecule has 152 valence electrons. The number of benzene rings is 1. The molecule has 7 heteroatoms. The van der Waals surface area contributed by atoms with Gasteiger partial charge in [0.05, 0.1) is 13.2 Å².